The second kappa shape index (κ2) is 5.53. The monoisotopic (exact) mass is 252 g/mol. The molecule has 0 aliphatic heterocycles. The largest absolute Gasteiger partial charge is 0.507 e. The molecule has 0 aromatic heterocycles. The van der Waals surface area contributed by atoms with Crippen LogP contribution in [0.2, 0.25) is 0 Å². The highest BCUT2D eigenvalue weighted by Gasteiger charge is 2.05. The molecule has 0 heterocycles. The number of para-hydroxylation sites is 1. The topological polar surface area (TPSA) is 37.3 Å². The molecule has 0 fully saturated rings. The Morgan fingerprint density at radius 3 is 2.53 bits per heavy atom. The number of phenolic OH excluding ortho intramolecular Hbond substituents is 1. The summed E-state index contributed by atoms with van der Waals surface area (Å²) in [4.78, 5) is 12.1. The van der Waals surface area contributed by atoms with E-state index in [4.69, 9.17) is 0 Å². The second-order valence-corrected chi connectivity index (χ2v) is 4.57. The number of allylic oxidation sites excluding steroid dienone is 1. The van der Waals surface area contributed by atoms with Crippen LogP contribution in [0.25, 0.3) is 6.08 Å². The third-order valence-electron chi connectivity index (χ3n) is 3.00. The normalized spacial score (nSPS) is 10.8. The minimum absolute atomic E-state index is 0.0549. The van der Waals surface area contributed by atoms with Crippen LogP contribution in [0.5, 0.6) is 5.75 Å². The van der Waals surface area contributed by atoms with E-state index in [1.807, 2.05) is 38.1 Å². The summed E-state index contributed by atoms with van der Waals surface area (Å²) < 4.78 is 0. The first-order chi connectivity index (χ1) is 9.08. The molecular weight excluding hydrogens is 236 g/mol. The summed E-state index contributed by atoms with van der Waals surface area (Å²) in [6.45, 7) is 3.92. The number of carbonyl (C=O) groups excluding carboxylic acids is 1. The Hall–Kier alpha value is -2.35. The molecule has 2 heteroatoms. The fourth-order valence-corrected chi connectivity index (χ4v) is 1.97. The molecule has 96 valence electrons. The van der Waals surface area contributed by atoms with Crippen LogP contribution in [0.15, 0.2) is 48.5 Å². The zero-order chi connectivity index (χ0) is 13.8. The highest BCUT2D eigenvalue weighted by atomic mass is 16.3. The van der Waals surface area contributed by atoms with Crippen molar-refractivity contribution in [1.29, 1.82) is 0 Å². The zero-order valence-electron chi connectivity index (χ0n) is 11.1. The van der Waals surface area contributed by atoms with Crippen LogP contribution in [0, 0.1) is 13.8 Å². The molecule has 0 aliphatic rings. The Labute approximate surface area is 113 Å². The van der Waals surface area contributed by atoms with Crippen molar-refractivity contribution in [3.05, 3.63) is 70.8 Å². The lowest BCUT2D eigenvalue weighted by Gasteiger charge is -2.03. The molecule has 0 spiro atoms. The van der Waals surface area contributed by atoms with Gasteiger partial charge in [-0.3, -0.25) is 4.79 Å². The van der Waals surface area contributed by atoms with Crippen molar-refractivity contribution >= 4 is 11.9 Å². The summed E-state index contributed by atoms with van der Waals surface area (Å²) in [7, 11) is 0. The molecule has 19 heavy (non-hydrogen) atoms. The van der Waals surface area contributed by atoms with E-state index in [1.54, 1.807) is 24.3 Å². The van der Waals surface area contributed by atoms with Crippen LogP contribution in [-0.2, 0) is 0 Å². The average Bonchev–Trinajstić information content (AvgIpc) is 2.37. The number of aromatic hydroxyl groups is 1. The first-order valence-corrected chi connectivity index (χ1v) is 6.15. The summed E-state index contributed by atoms with van der Waals surface area (Å²) in [5.41, 5.74) is 3.43. The van der Waals surface area contributed by atoms with Crippen LogP contribution in [0.3, 0.4) is 0 Å². The van der Waals surface area contributed by atoms with Crippen molar-refractivity contribution in [1.82, 2.24) is 0 Å². The molecule has 0 atom stereocenters. The second-order valence-electron chi connectivity index (χ2n) is 4.57. The number of phenols is 1. The maximum Gasteiger partial charge on any atom is 0.186 e. The van der Waals surface area contributed by atoms with Gasteiger partial charge >= 0.3 is 0 Å². The fraction of sp³-hybridized carbons (Fsp3) is 0.118. The van der Waals surface area contributed by atoms with E-state index in [-0.39, 0.29) is 11.5 Å². The lowest BCUT2D eigenvalue weighted by molar-refractivity contribution is 0.104. The summed E-state index contributed by atoms with van der Waals surface area (Å²) in [6.07, 6.45) is 3.13. The van der Waals surface area contributed by atoms with Gasteiger partial charge in [-0.15, -0.1) is 0 Å². The van der Waals surface area contributed by atoms with Gasteiger partial charge in [0.2, 0.25) is 0 Å². The number of carbonyl (C=O) groups is 1. The molecule has 0 saturated heterocycles. The molecule has 2 nitrogen and oxygen atoms in total. The molecule has 0 aliphatic carbocycles. The number of hydrogen-bond acceptors (Lipinski definition) is 2. The van der Waals surface area contributed by atoms with Crippen LogP contribution in [-0.4, -0.2) is 10.9 Å². The quantitative estimate of drug-likeness (QED) is 0.664. The number of benzene rings is 2. The standard InChI is InChI=1S/C17H16O2/c1-12-7-9-15(13(2)11-12)17(19)10-8-14-5-3-4-6-16(14)18/h3-11,18H,1-2H3. The predicted octanol–water partition coefficient (Wildman–Crippen LogP) is 3.91. The molecule has 0 unspecified atom stereocenters. The molecule has 0 radical (unpaired) electrons. The third kappa shape index (κ3) is 3.10. The van der Waals surface area contributed by atoms with Gasteiger partial charge in [-0.1, -0.05) is 42.0 Å². The van der Waals surface area contributed by atoms with Crippen molar-refractivity contribution < 1.29 is 9.90 Å². The van der Waals surface area contributed by atoms with Crippen molar-refractivity contribution in [2.45, 2.75) is 13.8 Å². The van der Waals surface area contributed by atoms with Gasteiger partial charge in [0.05, 0.1) is 0 Å². The molecule has 0 saturated carbocycles. The van der Waals surface area contributed by atoms with Crippen LogP contribution >= 0.6 is 0 Å². The van der Waals surface area contributed by atoms with Crippen molar-refractivity contribution in [3.8, 4) is 5.75 Å². The number of rotatable bonds is 3. The third-order valence-corrected chi connectivity index (χ3v) is 3.00. The SMILES string of the molecule is Cc1ccc(C(=O)C=Cc2ccccc2O)c(C)c1. The molecule has 0 amide bonds. The van der Waals surface area contributed by atoms with Gasteiger partial charge in [0, 0.05) is 11.1 Å². The summed E-state index contributed by atoms with van der Waals surface area (Å²) in [5.74, 6) is 0.118. The first kappa shape index (κ1) is 13.1. The number of aryl methyl sites for hydroxylation is 2. The Morgan fingerprint density at radius 2 is 1.84 bits per heavy atom. The Morgan fingerprint density at radius 1 is 1.11 bits per heavy atom. The highest BCUT2D eigenvalue weighted by Crippen LogP contribution is 2.18. The molecule has 2 rings (SSSR count). The van der Waals surface area contributed by atoms with Crippen LogP contribution in [0.1, 0.15) is 27.0 Å². The molecule has 2 aromatic rings. The predicted molar refractivity (Wildman–Crippen MR) is 77.4 cm³/mol. The maximum absolute atomic E-state index is 12.1. The first-order valence-electron chi connectivity index (χ1n) is 6.15. The van der Waals surface area contributed by atoms with Crippen molar-refractivity contribution in [3.63, 3.8) is 0 Å². The molecular formula is C17H16O2. The van der Waals surface area contributed by atoms with Gasteiger partial charge < -0.3 is 5.11 Å². The van der Waals surface area contributed by atoms with E-state index in [0.29, 0.717) is 11.1 Å². The van der Waals surface area contributed by atoms with Crippen molar-refractivity contribution in [2.24, 2.45) is 0 Å². The number of hydrogen-bond donors (Lipinski definition) is 1. The van der Waals surface area contributed by atoms with E-state index in [9.17, 15) is 9.90 Å². The maximum atomic E-state index is 12.1. The summed E-state index contributed by atoms with van der Waals surface area (Å²) in [6, 6.07) is 12.7. The summed E-state index contributed by atoms with van der Waals surface area (Å²) >= 11 is 0. The average molecular weight is 252 g/mol. The van der Waals surface area contributed by atoms with E-state index in [0.717, 1.165) is 11.1 Å². The lowest BCUT2D eigenvalue weighted by Crippen LogP contribution is -1.98. The number of ketones is 1. The van der Waals surface area contributed by atoms with Gasteiger partial charge in [0.1, 0.15) is 5.75 Å². The van der Waals surface area contributed by atoms with Gasteiger partial charge in [0.15, 0.2) is 5.78 Å². The molecule has 2 aromatic carbocycles. The van der Waals surface area contributed by atoms with E-state index in [1.165, 1.54) is 6.08 Å². The molecule has 0 bridgehead atoms. The Bertz CT molecular complexity index is 639. The highest BCUT2D eigenvalue weighted by molar-refractivity contribution is 6.07. The van der Waals surface area contributed by atoms with Gasteiger partial charge in [-0.05, 0) is 37.6 Å². The summed E-state index contributed by atoms with van der Waals surface area (Å²) in [5, 5.41) is 9.62. The van der Waals surface area contributed by atoms with Crippen LogP contribution in [0.4, 0.5) is 0 Å². The lowest BCUT2D eigenvalue weighted by atomic mass is 10.0. The fourth-order valence-electron chi connectivity index (χ4n) is 1.97. The van der Waals surface area contributed by atoms with Crippen LogP contribution < -0.4 is 0 Å². The smallest absolute Gasteiger partial charge is 0.186 e. The Balaban J connectivity index is 2.24. The molecule has 1 N–H and O–H groups in total. The minimum Gasteiger partial charge on any atom is -0.507 e. The van der Waals surface area contributed by atoms with Gasteiger partial charge in [-0.2, -0.15) is 0 Å². The van der Waals surface area contributed by atoms with Crippen molar-refractivity contribution in [2.75, 3.05) is 0 Å². The van der Waals surface area contributed by atoms with E-state index in [2.05, 4.69) is 0 Å². The minimum atomic E-state index is -0.0549. The van der Waals surface area contributed by atoms with E-state index >= 15 is 0 Å². The Kier molecular flexibility index (Phi) is 3.81. The van der Waals surface area contributed by atoms with E-state index < -0.39 is 0 Å². The van der Waals surface area contributed by atoms with Gasteiger partial charge in [0.25, 0.3) is 0 Å². The zero-order valence-corrected chi connectivity index (χ0v) is 11.1. The van der Waals surface area contributed by atoms with Gasteiger partial charge in [-0.25, -0.2) is 0 Å².